The minimum absolute atomic E-state index is 0.503. The first-order chi connectivity index (χ1) is 8.60. The van der Waals surface area contributed by atoms with Crippen LogP contribution in [0, 0.1) is 0 Å². The van der Waals surface area contributed by atoms with E-state index in [-0.39, 0.29) is 0 Å². The maximum absolute atomic E-state index is 6.09. The zero-order valence-electron chi connectivity index (χ0n) is 9.38. The SMILES string of the molecule is COc1ccc(Cl)c(Nc2ncc(Br)cc2Cl)c1. The minimum Gasteiger partial charge on any atom is -0.497 e. The normalized spacial score (nSPS) is 10.2. The largest absolute Gasteiger partial charge is 0.497 e. The van der Waals surface area contributed by atoms with Gasteiger partial charge in [-0.2, -0.15) is 0 Å². The molecule has 0 aliphatic rings. The van der Waals surface area contributed by atoms with E-state index in [9.17, 15) is 0 Å². The highest BCUT2D eigenvalue weighted by Gasteiger charge is 2.07. The molecule has 0 aliphatic carbocycles. The van der Waals surface area contributed by atoms with Crippen molar-refractivity contribution in [1.29, 1.82) is 0 Å². The minimum atomic E-state index is 0.503. The van der Waals surface area contributed by atoms with Gasteiger partial charge in [0.1, 0.15) is 11.6 Å². The Kier molecular flexibility index (Phi) is 4.32. The van der Waals surface area contributed by atoms with Crippen LogP contribution >= 0.6 is 39.1 Å². The van der Waals surface area contributed by atoms with Crippen molar-refractivity contribution < 1.29 is 4.74 Å². The molecule has 3 nitrogen and oxygen atoms in total. The molecule has 0 unspecified atom stereocenters. The molecule has 94 valence electrons. The topological polar surface area (TPSA) is 34.1 Å². The van der Waals surface area contributed by atoms with Crippen molar-refractivity contribution in [3.05, 3.63) is 45.0 Å². The van der Waals surface area contributed by atoms with Crippen LogP contribution in [0.15, 0.2) is 34.9 Å². The van der Waals surface area contributed by atoms with Gasteiger partial charge in [0.2, 0.25) is 0 Å². The quantitative estimate of drug-likeness (QED) is 0.857. The second-order valence-corrected chi connectivity index (χ2v) is 5.18. The van der Waals surface area contributed by atoms with Crippen molar-refractivity contribution >= 4 is 50.6 Å². The molecule has 2 aromatic rings. The maximum Gasteiger partial charge on any atom is 0.149 e. The van der Waals surface area contributed by atoms with E-state index in [1.165, 1.54) is 0 Å². The number of nitrogens with one attached hydrogen (secondary N) is 1. The van der Waals surface area contributed by atoms with Gasteiger partial charge in [-0.15, -0.1) is 0 Å². The number of hydrogen-bond donors (Lipinski definition) is 1. The Labute approximate surface area is 123 Å². The molecule has 0 radical (unpaired) electrons. The number of aromatic nitrogens is 1. The molecule has 1 heterocycles. The van der Waals surface area contributed by atoms with Crippen LogP contribution in [0.3, 0.4) is 0 Å². The van der Waals surface area contributed by atoms with E-state index >= 15 is 0 Å². The summed E-state index contributed by atoms with van der Waals surface area (Å²) in [6.45, 7) is 0. The van der Waals surface area contributed by atoms with E-state index in [0.29, 0.717) is 27.3 Å². The summed E-state index contributed by atoms with van der Waals surface area (Å²) in [4.78, 5) is 4.18. The summed E-state index contributed by atoms with van der Waals surface area (Å²) >= 11 is 15.5. The molecule has 0 amide bonds. The highest BCUT2D eigenvalue weighted by molar-refractivity contribution is 9.10. The number of anilines is 2. The summed E-state index contributed by atoms with van der Waals surface area (Å²) in [6, 6.07) is 7.06. The molecule has 0 saturated heterocycles. The van der Waals surface area contributed by atoms with Gasteiger partial charge >= 0.3 is 0 Å². The van der Waals surface area contributed by atoms with E-state index in [4.69, 9.17) is 27.9 Å². The predicted molar refractivity (Wildman–Crippen MR) is 78.2 cm³/mol. The number of methoxy groups -OCH3 is 1. The fourth-order valence-electron chi connectivity index (χ4n) is 1.36. The standard InChI is InChI=1S/C12H9BrCl2N2O/c1-18-8-2-3-9(14)11(5-8)17-12-10(15)4-7(13)6-16-12/h2-6H,1H3,(H,16,17). The third-order valence-corrected chi connectivity index (χ3v) is 3.29. The van der Waals surface area contributed by atoms with Crippen molar-refractivity contribution in [3.8, 4) is 5.75 Å². The van der Waals surface area contributed by atoms with Crippen molar-refractivity contribution in [2.45, 2.75) is 0 Å². The molecule has 0 atom stereocenters. The van der Waals surface area contributed by atoms with Gasteiger partial charge < -0.3 is 10.1 Å². The van der Waals surface area contributed by atoms with E-state index < -0.39 is 0 Å². The zero-order chi connectivity index (χ0) is 13.1. The molecule has 6 heteroatoms. The van der Waals surface area contributed by atoms with Crippen LogP contribution in [0.4, 0.5) is 11.5 Å². The van der Waals surface area contributed by atoms with Crippen LogP contribution in [0.2, 0.25) is 10.0 Å². The van der Waals surface area contributed by atoms with Crippen molar-refractivity contribution in [3.63, 3.8) is 0 Å². The van der Waals surface area contributed by atoms with Gasteiger partial charge in [0, 0.05) is 16.7 Å². The summed E-state index contributed by atoms with van der Waals surface area (Å²) in [5.74, 6) is 1.24. The van der Waals surface area contributed by atoms with Crippen LogP contribution in [0.5, 0.6) is 5.75 Å². The molecule has 0 bridgehead atoms. The van der Waals surface area contributed by atoms with E-state index in [2.05, 4.69) is 26.2 Å². The molecule has 0 aliphatic heterocycles. The highest BCUT2D eigenvalue weighted by Crippen LogP contribution is 2.32. The molecule has 0 spiro atoms. The Morgan fingerprint density at radius 2 is 2.00 bits per heavy atom. The summed E-state index contributed by atoms with van der Waals surface area (Å²) in [5.41, 5.74) is 0.688. The van der Waals surface area contributed by atoms with Crippen LogP contribution in [-0.2, 0) is 0 Å². The molecule has 18 heavy (non-hydrogen) atoms. The molecule has 1 aromatic carbocycles. The summed E-state index contributed by atoms with van der Waals surface area (Å²) in [7, 11) is 1.60. The third-order valence-electron chi connectivity index (χ3n) is 2.23. The third kappa shape index (κ3) is 3.07. The molecule has 0 saturated carbocycles. The lowest BCUT2D eigenvalue weighted by Crippen LogP contribution is -1.96. The second-order valence-electron chi connectivity index (χ2n) is 3.45. The molecular formula is C12H9BrCl2N2O. The van der Waals surface area contributed by atoms with Gasteiger partial charge in [-0.3, -0.25) is 0 Å². The first kappa shape index (κ1) is 13.5. The van der Waals surface area contributed by atoms with Gasteiger partial charge in [-0.05, 0) is 34.1 Å². The average Bonchev–Trinajstić information content (AvgIpc) is 2.35. The number of benzene rings is 1. The number of rotatable bonds is 3. The number of halogens is 3. The first-order valence-electron chi connectivity index (χ1n) is 5.02. The van der Waals surface area contributed by atoms with Crippen LogP contribution < -0.4 is 10.1 Å². The lowest BCUT2D eigenvalue weighted by atomic mass is 10.3. The molecule has 1 N–H and O–H groups in total. The van der Waals surface area contributed by atoms with Crippen molar-refractivity contribution in [2.75, 3.05) is 12.4 Å². The first-order valence-corrected chi connectivity index (χ1v) is 6.56. The van der Waals surface area contributed by atoms with Crippen LogP contribution in [0.1, 0.15) is 0 Å². The van der Waals surface area contributed by atoms with Gasteiger partial charge in [-0.25, -0.2) is 4.98 Å². The molecular weight excluding hydrogens is 339 g/mol. The molecule has 0 fully saturated rings. The zero-order valence-corrected chi connectivity index (χ0v) is 12.5. The Bertz CT molecular complexity index is 578. The average molecular weight is 348 g/mol. The fourth-order valence-corrected chi connectivity index (χ4v) is 2.20. The van der Waals surface area contributed by atoms with E-state index in [0.717, 1.165) is 4.47 Å². The number of hydrogen-bond acceptors (Lipinski definition) is 3. The van der Waals surface area contributed by atoms with Gasteiger partial charge in [0.25, 0.3) is 0 Å². The van der Waals surface area contributed by atoms with E-state index in [1.807, 2.05) is 0 Å². The lowest BCUT2D eigenvalue weighted by molar-refractivity contribution is 0.415. The van der Waals surface area contributed by atoms with Crippen molar-refractivity contribution in [2.24, 2.45) is 0 Å². The monoisotopic (exact) mass is 346 g/mol. The smallest absolute Gasteiger partial charge is 0.149 e. The Morgan fingerprint density at radius 1 is 1.22 bits per heavy atom. The Morgan fingerprint density at radius 3 is 2.67 bits per heavy atom. The van der Waals surface area contributed by atoms with Crippen molar-refractivity contribution in [1.82, 2.24) is 4.98 Å². The summed E-state index contributed by atoms with van der Waals surface area (Å²) in [6.07, 6.45) is 1.66. The van der Waals surface area contributed by atoms with Gasteiger partial charge in [0.15, 0.2) is 0 Å². The number of ether oxygens (including phenoxy) is 1. The van der Waals surface area contributed by atoms with Gasteiger partial charge in [-0.1, -0.05) is 23.2 Å². The summed E-state index contributed by atoms with van der Waals surface area (Å²) in [5, 5.41) is 4.14. The lowest BCUT2D eigenvalue weighted by Gasteiger charge is -2.10. The van der Waals surface area contributed by atoms with E-state index in [1.54, 1.807) is 37.6 Å². The maximum atomic E-state index is 6.09. The molecule has 1 aromatic heterocycles. The summed E-state index contributed by atoms with van der Waals surface area (Å²) < 4.78 is 5.95. The number of pyridine rings is 1. The Hall–Kier alpha value is -0.970. The molecule has 2 rings (SSSR count). The van der Waals surface area contributed by atoms with Gasteiger partial charge in [0.05, 0.1) is 22.8 Å². The van der Waals surface area contributed by atoms with Crippen LogP contribution in [-0.4, -0.2) is 12.1 Å². The highest BCUT2D eigenvalue weighted by atomic mass is 79.9. The Balaban J connectivity index is 2.33. The van der Waals surface area contributed by atoms with Crippen LogP contribution in [0.25, 0.3) is 0 Å². The second kappa shape index (κ2) is 5.78. The number of nitrogens with zero attached hydrogens (tertiary/aromatic N) is 1. The predicted octanol–water partition coefficient (Wildman–Crippen LogP) is 4.90. The fraction of sp³-hybridized carbons (Fsp3) is 0.0833.